The Morgan fingerprint density at radius 2 is 1.53 bits per heavy atom. The third kappa shape index (κ3) is 1.98. The van der Waals surface area contributed by atoms with Gasteiger partial charge in [-0.15, -0.1) is 0 Å². The molecule has 19 heavy (non-hydrogen) atoms. The molecule has 0 saturated heterocycles. The van der Waals surface area contributed by atoms with Gasteiger partial charge in [0.05, 0.1) is 6.30 Å². The Kier molecular flexibility index (Phi) is 2.96. The molecule has 0 saturated carbocycles. The van der Waals surface area contributed by atoms with Crippen molar-refractivity contribution in [2.45, 2.75) is 5.92 Å². The van der Waals surface area contributed by atoms with Gasteiger partial charge in [-0.25, -0.2) is 4.79 Å². The lowest BCUT2D eigenvalue weighted by Crippen LogP contribution is -2.18. The van der Waals surface area contributed by atoms with E-state index in [1.165, 1.54) is 0 Å². The van der Waals surface area contributed by atoms with Gasteiger partial charge in [0.2, 0.25) is 0 Å². The number of benzene rings is 2. The summed E-state index contributed by atoms with van der Waals surface area (Å²) in [7, 11) is -0.850. The summed E-state index contributed by atoms with van der Waals surface area (Å²) >= 11 is 0. The van der Waals surface area contributed by atoms with Crippen LogP contribution in [0.5, 0.6) is 0 Å². The number of rotatable bonds is 2. The molecule has 0 radical (unpaired) electrons. The Morgan fingerprint density at radius 1 is 1.05 bits per heavy atom. The second kappa shape index (κ2) is 4.64. The Hall–Kier alpha value is -1.92. The van der Waals surface area contributed by atoms with Crippen LogP contribution < -0.4 is 5.32 Å². The molecule has 0 bridgehead atoms. The average molecular weight is 268 g/mol. The molecule has 2 nitrogen and oxygen atoms in total. The van der Waals surface area contributed by atoms with Gasteiger partial charge < -0.3 is 5.32 Å². The maximum atomic E-state index is 12.6. The quantitative estimate of drug-likeness (QED) is 0.836. The van der Waals surface area contributed by atoms with E-state index in [1.807, 2.05) is 55.2 Å². The number of carbonyl (C=O) groups is 1. The number of hydrogen-bond acceptors (Lipinski definition) is 2. The van der Waals surface area contributed by atoms with E-state index in [9.17, 15) is 4.79 Å². The molecule has 2 aromatic rings. The maximum Gasteiger partial charge on any atom is 0.333 e. The van der Waals surface area contributed by atoms with Crippen molar-refractivity contribution >= 4 is 30.7 Å². The molecule has 0 fully saturated rings. The van der Waals surface area contributed by atoms with E-state index in [0.717, 1.165) is 22.5 Å². The molecule has 0 amide bonds. The zero-order valence-corrected chi connectivity index (χ0v) is 11.7. The third-order valence-electron chi connectivity index (χ3n) is 3.44. The first kappa shape index (κ1) is 12.1. The molecule has 0 aliphatic carbocycles. The molecule has 0 spiro atoms. The van der Waals surface area contributed by atoms with Gasteiger partial charge in [-0.1, -0.05) is 36.4 Å². The highest BCUT2D eigenvalue weighted by Crippen LogP contribution is 2.44. The molecule has 1 atom stereocenters. The van der Waals surface area contributed by atoms with Gasteiger partial charge in [0.15, 0.2) is 7.55 Å². The Balaban J connectivity index is 2.22. The van der Waals surface area contributed by atoms with Gasteiger partial charge in [-0.3, -0.25) is 0 Å². The van der Waals surface area contributed by atoms with Gasteiger partial charge in [0.1, 0.15) is 12.6 Å². The lowest BCUT2D eigenvalue weighted by atomic mass is 9.87. The topological polar surface area (TPSA) is 29.1 Å². The van der Waals surface area contributed by atoms with Crippen LogP contribution in [0.1, 0.15) is 17.0 Å². The first-order chi connectivity index (χ1) is 9.18. The monoisotopic (exact) mass is 268 g/mol. The summed E-state index contributed by atoms with van der Waals surface area (Å²) in [5, 5.41) is 3.40. The van der Waals surface area contributed by atoms with Crippen LogP contribution in [0, 0.1) is 0 Å². The van der Waals surface area contributed by atoms with Crippen molar-refractivity contribution in [2.24, 2.45) is 0 Å². The fraction of sp³-hybridized carbons (Fsp3) is 0.125. The lowest BCUT2D eigenvalue weighted by Gasteiger charge is -2.26. The largest absolute Gasteiger partial charge is 0.355 e. The number of anilines is 2. The SMILES string of the molecule is C=[P+](C)C(=O)C1c2ccccc2Nc2ccccc21. The van der Waals surface area contributed by atoms with Crippen molar-refractivity contribution in [3.63, 3.8) is 0 Å². The fourth-order valence-electron chi connectivity index (χ4n) is 2.52. The van der Waals surface area contributed by atoms with E-state index in [1.54, 1.807) is 0 Å². The molecular weight excluding hydrogens is 253 g/mol. The van der Waals surface area contributed by atoms with Crippen LogP contribution >= 0.6 is 7.55 Å². The minimum Gasteiger partial charge on any atom is -0.355 e. The Morgan fingerprint density at radius 3 is 2.00 bits per heavy atom. The van der Waals surface area contributed by atoms with Crippen LogP contribution in [0.3, 0.4) is 0 Å². The van der Waals surface area contributed by atoms with Crippen LogP contribution in [0.25, 0.3) is 0 Å². The second-order valence-electron chi connectivity index (χ2n) is 4.77. The molecular formula is C16H15NOP+. The molecule has 3 heteroatoms. The zero-order chi connectivity index (χ0) is 13.4. The average Bonchev–Trinajstić information content (AvgIpc) is 2.43. The summed E-state index contributed by atoms with van der Waals surface area (Å²) in [6.45, 7) is 1.92. The van der Waals surface area contributed by atoms with Gasteiger partial charge >= 0.3 is 5.52 Å². The molecule has 0 aromatic heterocycles. The van der Waals surface area contributed by atoms with E-state index in [-0.39, 0.29) is 11.4 Å². The van der Waals surface area contributed by atoms with Crippen LogP contribution in [0.2, 0.25) is 0 Å². The predicted octanol–water partition coefficient (Wildman–Crippen LogP) is 3.95. The zero-order valence-electron chi connectivity index (χ0n) is 10.8. The number of nitrogens with one attached hydrogen (secondary N) is 1. The van der Waals surface area contributed by atoms with Gasteiger partial charge in [-0.2, -0.15) is 0 Å². The minimum absolute atomic E-state index is 0.178. The first-order valence-corrected chi connectivity index (χ1v) is 8.19. The van der Waals surface area contributed by atoms with Crippen molar-refractivity contribution in [2.75, 3.05) is 12.0 Å². The van der Waals surface area contributed by atoms with Crippen LogP contribution in [0.4, 0.5) is 11.4 Å². The summed E-state index contributed by atoms with van der Waals surface area (Å²) in [6.07, 6.45) is 3.95. The van der Waals surface area contributed by atoms with Crippen molar-refractivity contribution in [3.8, 4) is 0 Å². The van der Waals surface area contributed by atoms with Crippen LogP contribution in [-0.4, -0.2) is 18.5 Å². The molecule has 3 rings (SSSR count). The number of fused-ring (bicyclic) bond motifs is 2. The fourth-order valence-corrected chi connectivity index (χ4v) is 3.24. The predicted molar refractivity (Wildman–Crippen MR) is 83.0 cm³/mol. The highest BCUT2D eigenvalue weighted by Gasteiger charge is 2.35. The van der Waals surface area contributed by atoms with Crippen LogP contribution in [0.15, 0.2) is 48.5 Å². The second-order valence-corrected chi connectivity index (χ2v) is 6.61. The summed E-state index contributed by atoms with van der Waals surface area (Å²) in [4.78, 5) is 12.6. The highest BCUT2D eigenvalue weighted by molar-refractivity contribution is 7.72. The van der Waals surface area contributed by atoms with Crippen molar-refractivity contribution in [3.05, 3.63) is 59.7 Å². The Labute approximate surface area is 113 Å². The van der Waals surface area contributed by atoms with E-state index in [4.69, 9.17) is 0 Å². The summed E-state index contributed by atoms with van der Waals surface area (Å²) in [6, 6.07) is 16.0. The molecule has 1 heterocycles. The molecule has 1 unspecified atom stereocenters. The molecule has 1 N–H and O–H groups in total. The van der Waals surface area contributed by atoms with E-state index in [0.29, 0.717) is 0 Å². The van der Waals surface area contributed by atoms with Crippen LogP contribution in [-0.2, 0) is 4.79 Å². The van der Waals surface area contributed by atoms with Crippen molar-refractivity contribution < 1.29 is 4.79 Å². The van der Waals surface area contributed by atoms with E-state index >= 15 is 0 Å². The van der Waals surface area contributed by atoms with E-state index < -0.39 is 7.55 Å². The molecule has 1 aliphatic rings. The molecule has 2 aromatic carbocycles. The standard InChI is InChI=1S/C16H15NOP/c1-19(2)16(18)15-11-7-3-5-9-13(11)17-14-10-6-4-8-12(14)15/h3-10,15,17H,1H2,2H3/q+1. The van der Waals surface area contributed by atoms with Gasteiger partial charge in [-0.05, 0) is 23.3 Å². The van der Waals surface area contributed by atoms with Crippen molar-refractivity contribution in [1.82, 2.24) is 0 Å². The number of carbonyl (C=O) groups excluding carboxylic acids is 1. The summed E-state index contributed by atoms with van der Waals surface area (Å²) < 4.78 is 0. The molecule has 94 valence electrons. The third-order valence-corrected chi connectivity index (χ3v) is 4.45. The highest BCUT2D eigenvalue weighted by atomic mass is 31.1. The normalized spacial score (nSPS) is 14.1. The minimum atomic E-state index is -0.850. The number of hydrogen-bond donors (Lipinski definition) is 1. The summed E-state index contributed by atoms with van der Waals surface area (Å²) in [5.74, 6) is -0.178. The smallest absolute Gasteiger partial charge is 0.333 e. The molecule has 1 aliphatic heterocycles. The van der Waals surface area contributed by atoms with E-state index in [2.05, 4.69) is 11.6 Å². The Bertz CT molecular complexity index is 632. The first-order valence-electron chi connectivity index (χ1n) is 6.21. The van der Waals surface area contributed by atoms with Gasteiger partial charge in [0, 0.05) is 11.4 Å². The van der Waals surface area contributed by atoms with Crippen molar-refractivity contribution in [1.29, 1.82) is 0 Å². The maximum absolute atomic E-state index is 12.6. The number of para-hydroxylation sites is 2. The summed E-state index contributed by atoms with van der Waals surface area (Å²) in [5.41, 5.74) is 4.40. The lowest BCUT2D eigenvalue weighted by molar-refractivity contribution is -0.111. The van der Waals surface area contributed by atoms with Gasteiger partial charge in [0.25, 0.3) is 0 Å².